The number of aliphatic hydroxyl groups is 1. The second-order valence-corrected chi connectivity index (χ2v) is 4.73. The van der Waals surface area contributed by atoms with Crippen molar-refractivity contribution in [3.8, 4) is 0 Å². The van der Waals surface area contributed by atoms with Crippen molar-refractivity contribution in [3.63, 3.8) is 0 Å². The Bertz CT molecular complexity index is 313. The van der Waals surface area contributed by atoms with Gasteiger partial charge in [-0.2, -0.15) is 0 Å². The summed E-state index contributed by atoms with van der Waals surface area (Å²) >= 11 is 0. The Morgan fingerprint density at radius 2 is 2.35 bits per heavy atom. The van der Waals surface area contributed by atoms with E-state index >= 15 is 0 Å². The van der Waals surface area contributed by atoms with E-state index in [1.807, 2.05) is 6.34 Å². The normalized spacial score (nSPS) is 45.3. The van der Waals surface area contributed by atoms with Crippen molar-refractivity contribution in [2.45, 2.75) is 43.5 Å². The van der Waals surface area contributed by atoms with Gasteiger partial charge < -0.3 is 20.5 Å². The van der Waals surface area contributed by atoms with E-state index in [-0.39, 0.29) is 37.3 Å². The molecule has 5 unspecified atom stereocenters. The van der Waals surface area contributed by atoms with Crippen molar-refractivity contribution < 1.29 is 9.84 Å². The summed E-state index contributed by atoms with van der Waals surface area (Å²) in [6.07, 6.45) is 3.59. The summed E-state index contributed by atoms with van der Waals surface area (Å²) in [6, 6.07) is 0.0283. The Morgan fingerprint density at radius 3 is 3.12 bits per heavy atom. The van der Waals surface area contributed by atoms with E-state index in [4.69, 9.17) is 15.6 Å². The maximum Gasteiger partial charge on any atom is 0.132 e. The third-order valence-corrected chi connectivity index (χ3v) is 3.66. The Labute approximate surface area is 100 Å². The molecule has 0 radical (unpaired) electrons. The SMILES string of the molecule is NC1NCNC2C1N=CN2C1CCC(CO)O1. The molecule has 5 N–H and O–H groups in total. The lowest BCUT2D eigenvalue weighted by Crippen LogP contribution is -2.66. The highest BCUT2D eigenvalue weighted by atomic mass is 16.5. The predicted octanol–water partition coefficient (Wildman–Crippen LogP) is -2.04. The van der Waals surface area contributed by atoms with E-state index in [1.165, 1.54) is 0 Å². The van der Waals surface area contributed by atoms with Crippen LogP contribution >= 0.6 is 0 Å². The smallest absolute Gasteiger partial charge is 0.132 e. The number of nitrogens with zero attached hydrogens (tertiary/aromatic N) is 2. The molecule has 17 heavy (non-hydrogen) atoms. The molecule has 3 heterocycles. The van der Waals surface area contributed by atoms with E-state index in [0.29, 0.717) is 6.67 Å². The quantitative estimate of drug-likeness (QED) is 0.445. The average molecular weight is 241 g/mol. The molecule has 0 saturated carbocycles. The minimum atomic E-state index is -0.113. The zero-order chi connectivity index (χ0) is 11.8. The minimum absolute atomic E-state index is 0.00343. The number of nitrogens with one attached hydrogen (secondary N) is 2. The molecule has 0 spiro atoms. The second kappa shape index (κ2) is 4.51. The maximum atomic E-state index is 9.08. The number of hydrogen-bond acceptors (Lipinski definition) is 7. The molecule has 7 nitrogen and oxygen atoms in total. The molecule has 5 atom stereocenters. The highest BCUT2D eigenvalue weighted by Gasteiger charge is 2.42. The fourth-order valence-electron chi connectivity index (χ4n) is 2.69. The van der Waals surface area contributed by atoms with Crippen molar-refractivity contribution in [3.05, 3.63) is 0 Å². The molecule has 0 bridgehead atoms. The van der Waals surface area contributed by atoms with Crippen LogP contribution in [0.5, 0.6) is 0 Å². The van der Waals surface area contributed by atoms with Crippen LogP contribution in [-0.2, 0) is 4.74 Å². The standard InChI is InChI=1S/C10H19N5O2/c11-9-8-10(13-4-12-9)15(5-14-8)7-2-1-6(3-16)17-7/h5-10,12-13,16H,1-4,11H2. The fraction of sp³-hybridized carbons (Fsp3) is 0.900. The van der Waals surface area contributed by atoms with Gasteiger partial charge in [-0.15, -0.1) is 0 Å². The van der Waals surface area contributed by atoms with E-state index in [1.54, 1.807) is 0 Å². The summed E-state index contributed by atoms with van der Waals surface area (Å²) in [4.78, 5) is 6.51. The molecule has 3 rings (SSSR count). The number of aliphatic imine (C=N–C) groups is 1. The Kier molecular flexibility index (Phi) is 3.01. The summed E-state index contributed by atoms with van der Waals surface area (Å²) in [5.41, 5.74) is 5.96. The number of rotatable bonds is 2. The number of fused-ring (bicyclic) bond motifs is 1. The lowest BCUT2D eigenvalue weighted by molar-refractivity contribution is -0.0586. The first-order valence-electron chi connectivity index (χ1n) is 6.09. The summed E-state index contributed by atoms with van der Waals surface area (Å²) < 4.78 is 5.76. The van der Waals surface area contributed by atoms with Crippen molar-refractivity contribution in [2.75, 3.05) is 13.3 Å². The molecule has 3 aliphatic heterocycles. The average Bonchev–Trinajstić information content (AvgIpc) is 2.94. The summed E-state index contributed by atoms with van der Waals surface area (Å²) in [5.74, 6) is 0. The van der Waals surface area contributed by atoms with Gasteiger partial charge in [-0.05, 0) is 12.8 Å². The van der Waals surface area contributed by atoms with Crippen molar-refractivity contribution in [2.24, 2.45) is 10.7 Å². The van der Waals surface area contributed by atoms with Crippen molar-refractivity contribution >= 4 is 6.34 Å². The van der Waals surface area contributed by atoms with Crippen LogP contribution in [0.3, 0.4) is 0 Å². The van der Waals surface area contributed by atoms with Gasteiger partial charge in [0.1, 0.15) is 18.4 Å². The number of ether oxygens (including phenoxy) is 1. The monoisotopic (exact) mass is 241 g/mol. The molecule has 3 aliphatic rings. The number of hydrogen-bond donors (Lipinski definition) is 4. The molecule has 2 saturated heterocycles. The van der Waals surface area contributed by atoms with Crippen LogP contribution in [0.1, 0.15) is 12.8 Å². The molecule has 0 aromatic heterocycles. The van der Waals surface area contributed by atoms with Crippen LogP contribution in [-0.4, -0.2) is 60.3 Å². The van der Waals surface area contributed by atoms with Gasteiger partial charge in [-0.3, -0.25) is 15.6 Å². The Morgan fingerprint density at radius 1 is 1.47 bits per heavy atom. The molecule has 0 amide bonds. The van der Waals surface area contributed by atoms with E-state index in [9.17, 15) is 0 Å². The van der Waals surface area contributed by atoms with Gasteiger partial charge in [-0.1, -0.05) is 0 Å². The zero-order valence-electron chi connectivity index (χ0n) is 9.62. The van der Waals surface area contributed by atoms with Gasteiger partial charge in [0.05, 0.1) is 25.2 Å². The third-order valence-electron chi connectivity index (χ3n) is 3.66. The zero-order valence-corrected chi connectivity index (χ0v) is 9.62. The maximum absolute atomic E-state index is 9.08. The van der Waals surface area contributed by atoms with Crippen LogP contribution in [0.2, 0.25) is 0 Å². The third kappa shape index (κ3) is 1.94. The molecule has 2 fully saturated rings. The number of aliphatic hydroxyl groups excluding tert-OH is 1. The van der Waals surface area contributed by atoms with E-state index in [2.05, 4.69) is 20.5 Å². The highest BCUT2D eigenvalue weighted by Crippen LogP contribution is 2.27. The van der Waals surface area contributed by atoms with Gasteiger partial charge in [-0.25, -0.2) is 0 Å². The first-order valence-corrected chi connectivity index (χ1v) is 6.09. The molecule has 0 aromatic carbocycles. The van der Waals surface area contributed by atoms with E-state index in [0.717, 1.165) is 12.8 Å². The molecule has 96 valence electrons. The number of nitrogens with two attached hydrogens (primary N) is 1. The van der Waals surface area contributed by atoms with Gasteiger partial charge in [0.25, 0.3) is 0 Å². The van der Waals surface area contributed by atoms with Crippen LogP contribution < -0.4 is 16.4 Å². The Hall–Kier alpha value is -0.730. The molecular weight excluding hydrogens is 222 g/mol. The van der Waals surface area contributed by atoms with Gasteiger partial charge >= 0.3 is 0 Å². The predicted molar refractivity (Wildman–Crippen MR) is 62.0 cm³/mol. The highest BCUT2D eigenvalue weighted by molar-refractivity contribution is 5.59. The molecule has 0 aliphatic carbocycles. The summed E-state index contributed by atoms with van der Waals surface area (Å²) in [7, 11) is 0. The van der Waals surface area contributed by atoms with Crippen LogP contribution in [0.15, 0.2) is 4.99 Å². The lowest BCUT2D eigenvalue weighted by Gasteiger charge is -2.38. The minimum Gasteiger partial charge on any atom is -0.394 e. The van der Waals surface area contributed by atoms with Gasteiger partial charge in [0, 0.05) is 6.67 Å². The molecule has 7 heteroatoms. The van der Waals surface area contributed by atoms with Gasteiger partial charge in [0.15, 0.2) is 0 Å². The summed E-state index contributed by atoms with van der Waals surface area (Å²) in [6.45, 7) is 0.766. The topological polar surface area (TPSA) is 95.1 Å². The molecule has 0 aromatic rings. The first kappa shape index (κ1) is 11.4. The fourth-order valence-corrected chi connectivity index (χ4v) is 2.69. The van der Waals surface area contributed by atoms with Gasteiger partial charge in [0.2, 0.25) is 0 Å². The summed E-state index contributed by atoms with van der Waals surface area (Å²) in [5, 5.41) is 15.5. The lowest BCUT2D eigenvalue weighted by atomic mass is 10.1. The van der Waals surface area contributed by atoms with E-state index < -0.39 is 0 Å². The second-order valence-electron chi connectivity index (χ2n) is 4.73. The van der Waals surface area contributed by atoms with Crippen LogP contribution in [0, 0.1) is 0 Å². The van der Waals surface area contributed by atoms with Crippen molar-refractivity contribution in [1.29, 1.82) is 0 Å². The van der Waals surface area contributed by atoms with Crippen LogP contribution in [0.4, 0.5) is 0 Å². The largest absolute Gasteiger partial charge is 0.394 e. The Balaban J connectivity index is 1.67. The van der Waals surface area contributed by atoms with Crippen LogP contribution in [0.25, 0.3) is 0 Å². The van der Waals surface area contributed by atoms with Crippen molar-refractivity contribution in [1.82, 2.24) is 15.5 Å². The first-order chi connectivity index (χ1) is 8.29. The molecular formula is C10H19N5O2.